The van der Waals surface area contributed by atoms with E-state index in [0.717, 1.165) is 34.4 Å². The fraction of sp³-hybridized carbons (Fsp3) is 0.231. The highest BCUT2D eigenvalue weighted by Gasteiger charge is 2.38. The lowest BCUT2D eigenvalue weighted by Gasteiger charge is -2.37. The maximum absolute atomic E-state index is 13.4. The molecular weight excluding hydrogens is 423 g/mol. The van der Waals surface area contributed by atoms with Crippen LogP contribution in [0.5, 0.6) is 0 Å². The van der Waals surface area contributed by atoms with Gasteiger partial charge in [0.1, 0.15) is 5.82 Å². The lowest BCUT2D eigenvalue weighted by molar-refractivity contribution is 0.424. The Morgan fingerprint density at radius 2 is 1.75 bits per heavy atom. The van der Waals surface area contributed by atoms with E-state index >= 15 is 0 Å². The number of fused-ring (bicyclic) bond motifs is 3. The maximum Gasteiger partial charge on any atom is 0.261 e. The van der Waals surface area contributed by atoms with Crippen molar-refractivity contribution in [2.45, 2.75) is 37.1 Å². The Labute approximate surface area is 188 Å². The van der Waals surface area contributed by atoms with E-state index in [1.165, 1.54) is 12.1 Å². The summed E-state index contributed by atoms with van der Waals surface area (Å²) in [7, 11) is -3.72. The molecule has 3 aromatic rings. The average Bonchev–Trinajstić information content (AvgIpc) is 3.26. The Balaban J connectivity index is 1.48. The van der Waals surface area contributed by atoms with Gasteiger partial charge in [0, 0.05) is 17.3 Å². The molecule has 0 spiro atoms. The SMILES string of the molecule is Cc1ccc(NS(=O)(=O)c2ccc3c(c2)[C@@H]2C=CC[C@H]2[C@H](c2ccc(F)cc2)N3)cc1C. The van der Waals surface area contributed by atoms with Crippen molar-refractivity contribution in [3.8, 4) is 0 Å². The number of hydrogen-bond donors (Lipinski definition) is 2. The van der Waals surface area contributed by atoms with E-state index < -0.39 is 10.0 Å². The summed E-state index contributed by atoms with van der Waals surface area (Å²) in [4.78, 5) is 0.246. The van der Waals surface area contributed by atoms with Gasteiger partial charge in [-0.1, -0.05) is 30.4 Å². The molecule has 0 radical (unpaired) electrons. The van der Waals surface area contributed by atoms with Gasteiger partial charge in [-0.3, -0.25) is 4.72 Å². The summed E-state index contributed by atoms with van der Waals surface area (Å²) >= 11 is 0. The van der Waals surface area contributed by atoms with Crippen molar-refractivity contribution >= 4 is 21.4 Å². The number of sulfonamides is 1. The summed E-state index contributed by atoms with van der Waals surface area (Å²) < 4.78 is 42.3. The molecule has 2 N–H and O–H groups in total. The number of rotatable bonds is 4. The Morgan fingerprint density at radius 3 is 2.50 bits per heavy atom. The van der Waals surface area contributed by atoms with Crippen molar-refractivity contribution in [2.75, 3.05) is 10.0 Å². The standard InChI is InChI=1S/C26H25FN2O2S/c1-16-6-11-20(14-17(16)2)29-32(30,31)21-12-13-25-24(15-21)22-4-3-5-23(22)26(28-25)18-7-9-19(27)10-8-18/h3-4,6-15,22-23,26,28-29H,5H2,1-2H3/t22-,23-,26+/m1/s1. The fourth-order valence-electron chi connectivity index (χ4n) is 4.76. The maximum atomic E-state index is 13.4. The van der Waals surface area contributed by atoms with Gasteiger partial charge in [0.2, 0.25) is 0 Å². The second-order valence-corrected chi connectivity index (χ2v) is 10.4. The van der Waals surface area contributed by atoms with Gasteiger partial charge in [0.05, 0.1) is 10.9 Å². The minimum atomic E-state index is -3.72. The minimum absolute atomic E-state index is 0.0409. The fourth-order valence-corrected chi connectivity index (χ4v) is 5.84. The first-order valence-corrected chi connectivity index (χ1v) is 12.2. The molecular formula is C26H25FN2O2S. The topological polar surface area (TPSA) is 58.2 Å². The summed E-state index contributed by atoms with van der Waals surface area (Å²) in [5, 5.41) is 3.57. The highest BCUT2D eigenvalue weighted by atomic mass is 32.2. The molecule has 4 nitrogen and oxygen atoms in total. The second kappa shape index (κ2) is 7.78. The largest absolute Gasteiger partial charge is 0.378 e. The zero-order valence-corrected chi connectivity index (χ0v) is 18.8. The van der Waals surface area contributed by atoms with E-state index in [1.54, 1.807) is 18.2 Å². The van der Waals surface area contributed by atoms with Gasteiger partial charge < -0.3 is 5.32 Å². The molecule has 1 aliphatic heterocycles. The highest BCUT2D eigenvalue weighted by Crippen LogP contribution is 2.50. The molecule has 2 aliphatic rings. The molecule has 1 heterocycles. The summed E-state index contributed by atoms with van der Waals surface area (Å²) in [6.45, 7) is 3.96. The minimum Gasteiger partial charge on any atom is -0.378 e. The lowest BCUT2D eigenvalue weighted by Crippen LogP contribution is -2.29. The molecule has 0 bridgehead atoms. The van der Waals surface area contributed by atoms with Gasteiger partial charge in [-0.2, -0.15) is 0 Å². The van der Waals surface area contributed by atoms with Crippen LogP contribution in [0.3, 0.4) is 0 Å². The molecule has 0 amide bonds. The van der Waals surface area contributed by atoms with E-state index in [1.807, 2.05) is 44.2 Å². The van der Waals surface area contributed by atoms with Gasteiger partial charge in [-0.05, 0) is 90.9 Å². The molecule has 1 aliphatic carbocycles. The van der Waals surface area contributed by atoms with E-state index in [0.29, 0.717) is 5.69 Å². The number of allylic oxidation sites excluding steroid dienone is 2. The van der Waals surface area contributed by atoms with Crippen LogP contribution >= 0.6 is 0 Å². The number of aryl methyl sites for hydroxylation is 2. The molecule has 6 heteroatoms. The summed E-state index contributed by atoms with van der Waals surface area (Å²) in [6, 6.07) is 17.4. The quantitative estimate of drug-likeness (QED) is 0.476. The monoisotopic (exact) mass is 448 g/mol. The molecule has 164 valence electrons. The normalized spacial score (nSPS) is 21.5. The second-order valence-electron chi connectivity index (χ2n) is 8.68. The predicted molar refractivity (Wildman–Crippen MR) is 126 cm³/mol. The molecule has 0 fully saturated rings. The first kappa shape index (κ1) is 20.8. The van der Waals surface area contributed by atoms with E-state index in [9.17, 15) is 12.8 Å². The number of nitrogens with one attached hydrogen (secondary N) is 2. The Morgan fingerprint density at radius 1 is 0.969 bits per heavy atom. The Bertz CT molecular complexity index is 1320. The van der Waals surface area contributed by atoms with E-state index in [4.69, 9.17) is 0 Å². The number of benzene rings is 3. The van der Waals surface area contributed by atoms with Crippen molar-refractivity contribution in [2.24, 2.45) is 5.92 Å². The van der Waals surface area contributed by atoms with Gasteiger partial charge >= 0.3 is 0 Å². The van der Waals surface area contributed by atoms with Crippen LogP contribution in [-0.4, -0.2) is 8.42 Å². The van der Waals surface area contributed by atoms with Crippen molar-refractivity contribution in [1.82, 2.24) is 0 Å². The molecule has 0 saturated carbocycles. The first-order valence-electron chi connectivity index (χ1n) is 10.7. The third kappa shape index (κ3) is 3.69. The van der Waals surface area contributed by atoms with Crippen molar-refractivity contribution < 1.29 is 12.8 Å². The zero-order valence-electron chi connectivity index (χ0n) is 18.0. The molecule has 0 unspecified atom stereocenters. The third-order valence-electron chi connectivity index (χ3n) is 6.63. The Hall–Kier alpha value is -3.12. The number of hydrogen-bond acceptors (Lipinski definition) is 3. The number of halogens is 1. The number of anilines is 2. The van der Waals surface area contributed by atoms with E-state index in [2.05, 4.69) is 22.2 Å². The molecule has 5 rings (SSSR count). The Kier molecular flexibility index (Phi) is 5.05. The summed E-state index contributed by atoms with van der Waals surface area (Å²) in [5.41, 5.74) is 5.62. The van der Waals surface area contributed by atoms with Crippen LogP contribution in [0.25, 0.3) is 0 Å². The summed E-state index contributed by atoms with van der Waals surface area (Å²) in [6.07, 6.45) is 5.20. The third-order valence-corrected chi connectivity index (χ3v) is 8.01. The van der Waals surface area contributed by atoms with E-state index in [-0.39, 0.29) is 28.6 Å². The van der Waals surface area contributed by atoms with Gasteiger partial charge in [0.15, 0.2) is 0 Å². The molecule has 0 saturated heterocycles. The van der Waals surface area contributed by atoms with Crippen LogP contribution in [-0.2, 0) is 10.0 Å². The van der Waals surface area contributed by atoms with Crippen molar-refractivity contribution in [1.29, 1.82) is 0 Å². The smallest absolute Gasteiger partial charge is 0.261 e. The van der Waals surface area contributed by atoms with Crippen LogP contribution in [0.2, 0.25) is 0 Å². The van der Waals surface area contributed by atoms with Gasteiger partial charge in [0.25, 0.3) is 10.0 Å². The van der Waals surface area contributed by atoms with Crippen LogP contribution in [0, 0.1) is 25.6 Å². The van der Waals surface area contributed by atoms with Crippen LogP contribution in [0.4, 0.5) is 15.8 Å². The zero-order chi connectivity index (χ0) is 22.5. The van der Waals surface area contributed by atoms with Crippen LogP contribution < -0.4 is 10.0 Å². The molecule has 0 aromatic heterocycles. The molecule has 32 heavy (non-hydrogen) atoms. The first-order chi connectivity index (χ1) is 15.3. The van der Waals surface area contributed by atoms with Crippen molar-refractivity contribution in [3.63, 3.8) is 0 Å². The van der Waals surface area contributed by atoms with Gasteiger partial charge in [-0.15, -0.1) is 0 Å². The highest BCUT2D eigenvalue weighted by molar-refractivity contribution is 7.92. The summed E-state index contributed by atoms with van der Waals surface area (Å²) in [5.74, 6) is 0.105. The van der Waals surface area contributed by atoms with Crippen molar-refractivity contribution in [3.05, 3.63) is 101 Å². The predicted octanol–water partition coefficient (Wildman–Crippen LogP) is 6.07. The lowest BCUT2D eigenvalue weighted by atomic mass is 9.77. The van der Waals surface area contributed by atoms with Crippen LogP contribution in [0.1, 0.15) is 40.6 Å². The van der Waals surface area contributed by atoms with Crippen LogP contribution in [0.15, 0.2) is 77.7 Å². The average molecular weight is 449 g/mol. The molecule has 3 aromatic carbocycles. The van der Waals surface area contributed by atoms with Gasteiger partial charge in [-0.25, -0.2) is 12.8 Å². The molecule has 3 atom stereocenters.